The lowest BCUT2D eigenvalue weighted by Crippen LogP contribution is -2.27. The Balaban J connectivity index is 3.97. The van der Waals surface area contributed by atoms with Gasteiger partial charge in [0.25, 0.3) is 0 Å². The molecule has 0 fully saturated rings. The van der Waals surface area contributed by atoms with Gasteiger partial charge in [0.1, 0.15) is 0 Å². The van der Waals surface area contributed by atoms with Crippen LogP contribution in [0.2, 0.25) is 0 Å². The Kier molecular flexibility index (Phi) is 8.79. The number of hydrogen-bond donors (Lipinski definition) is 0. The van der Waals surface area contributed by atoms with Gasteiger partial charge in [0.2, 0.25) is 0 Å². The van der Waals surface area contributed by atoms with E-state index in [2.05, 4.69) is 45.8 Å². The van der Waals surface area contributed by atoms with E-state index in [1.54, 1.807) is 5.57 Å². The molecule has 0 aromatic rings. The smallest absolute Gasteiger partial charge is 0.00895 e. The van der Waals surface area contributed by atoms with Gasteiger partial charge in [-0.05, 0) is 46.2 Å². The Morgan fingerprint density at radius 2 is 1.87 bits per heavy atom. The van der Waals surface area contributed by atoms with E-state index in [4.69, 9.17) is 0 Å². The topological polar surface area (TPSA) is 3.24 Å². The van der Waals surface area contributed by atoms with Gasteiger partial charge < -0.3 is 4.90 Å². The summed E-state index contributed by atoms with van der Waals surface area (Å²) in [7, 11) is 4.38. The van der Waals surface area contributed by atoms with E-state index in [-0.39, 0.29) is 0 Å². The van der Waals surface area contributed by atoms with Crippen LogP contribution in [0.1, 0.15) is 59.3 Å². The van der Waals surface area contributed by atoms with Crippen molar-refractivity contribution in [2.75, 3.05) is 14.1 Å². The second kappa shape index (κ2) is 8.96. The molecule has 0 aliphatic rings. The Bertz CT molecular complexity index is 170. The van der Waals surface area contributed by atoms with E-state index in [0.29, 0.717) is 0 Å². The van der Waals surface area contributed by atoms with Crippen LogP contribution in [0.3, 0.4) is 0 Å². The summed E-state index contributed by atoms with van der Waals surface area (Å²) in [5.74, 6) is 0. The Hall–Kier alpha value is -0.300. The monoisotopic (exact) mass is 211 g/mol. The fraction of sp³-hybridized carbons (Fsp3) is 0.857. The van der Waals surface area contributed by atoms with Crippen molar-refractivity contribution in [3.05, 3.63) is 11.6 Å². The van der Waals surface area contributed by atoms with Crippen LogP contribution in [-0.2, 0) is 0 Å². The molecule has 0 saturated carbocycles. The average molecular weight is 211 g/mol. The number of unbranched alkanes of at least 4 members (excludes halogenated alkanes) is 1. The standard InChI is InChI=1S/C14H29N/c1-6-9-10-13(7-2)11-12-14(8-3)15(4)5/h10,14H,6-9,11-12H2,1-5H3. The molecule has 0 aliphatic heterocycles. The molecule has 1 atom stereocenters. The van der Waals surface area contributed by atoms with Crippen molar-refractivity contribution < 1.29 is 0 Å². The summed E-state index contributed by atoms with van der Waals surface area (Å²) in [4.78, 5) is 2.35. The first-order valence-electron chi connectivity index (χ1n) is 6.49. The van der Waals surface area contributed by atoms with E-state index in [0.717, 1.165) is 6.04 Å². The highest BCUT2D eigenvalue weighted by atomic mass is 15.1. The molecule has 0 N–H and O–H groups in total. The van der Waals surface area contributed by atoms with Gasteiger partial charge in [-0.25, -0.2) is 0 Å². The number of nitrogens with zero attached hydrogens (tertiary/aromatic N) is 1. The summed E-state index contributed by atoms with van der Waals surface area (Å²) in [6.45, 7) is 6.81. The van der Waals surface area contributed by atoms with Crippen LogP contribution >= 0.6 is 0 Å². The zero-order chi connectivity index (χ0) is 11.7. The molecular weight excluding hydrogens is 182 g/mol. The van der Waals surface area contributed by atoms with Crippen LogP contribution in [0.4, 0.5) is 0 Å². The predicted octanol–water partition coefficient (Wildman–Crippen LogP) is 4.24. The number of allylic oxidation sites excluding steroid dienone is 2. The van der Waals surface area contributed by atoms with Gasteiger partial charge in [0.05, 0.1) is 0 Å². The molecule has 0 saturated heterocycles. The van der Waals surface area contributed by atoms with Crippen molar-refractivity contribution in [2.45, 2.75) is 65.3 Å². The summed E-state index contributed by atoms with van der Waals surface area (Å²) in [5, 5.41) is 0. The summed E-state index contributed by atoms with van der Waals surface area (Å²) in [6, 6.07) is 0.751. The van der Waals surface area contributed by atoms with E-state index >= 15 is 0 Å². The Morgan fingerprint density at radius 1 is 1.20 bits per heavy atom. The fourth-order valence-electron chi connectivity index (χ4n) is 1.95. The van der Waals surface area contributed by atoms with Gasteiger partial charge >= 0.3 is 0 Å². The molecule has 0 bridgehead atoms. The van der Waals surface area contributed by atoms with E-state index in [9.17, 15) is 0 Å². The molecule has 0 amide bonds. The fourth-order valence-corrected chi connectivity index (χ4v) is 1.95. The molecule has 15 heavy (non-hydrogen) atoms. The maximum absolute atomic E-state index is 2.45. The van der Waals surface area contributed by atoms with Gasteiger partial charge in [-0.3, -0.25) is 0 Å². The zero-order valence-corrected chi connectivity index (χ0v) is 11.3. The minimum atomic E-state index is 0.751. The first-order valence-corrected chi connectivity index (χ1v) is 6.49. The lowest BCUT2D eigenvalue weighted by Gasteiger charge is -2.23. The van der Waals surface area contributed by atoms with E-state index in [1.807, 2.05) is 0 Å². The zero-order valence-electron chi connectivity index (χ0n) is 11.3. The summed E-state index contributed by atoms with van der Waals surface area (Å²) in [5.41, 5.74) is 1.65. The van der Waals surface area contributed by atoms with Gasteiger partial charge in [0, 0.05) is 6.04 Å². The molecule has 90 valence electrons. The van der Waals surface area contributed by atoms with E-state index in [1.165, 1.54) is 38.5 Å². The van der Waals surface area contributed by atoms with Crippen molar-refractivity contribution in [3.8, 4) is 0 Å². The van der Waals surface area contributed by atoms with Crippen LogP contribution in [0, 0.1) is 0 Å². The van der Waals surface area contributed by atoms with Gasteiger partial charge in [0.15, 0.2) is 0 Å². The minimum Gasteiger partial charge on any atom is -0.306 e. The highest BCUT2D eigenvalue weighted by molar-refractivity contribution is 5.01. The Labute approximate surface area is 96.6 Å². The third-order valence-electron chi connectivity index (χ3n) is 3.18. The first-order chi connectivity index (χ1) is 7.15. The average Bonchev–Trinajstić information content (AvgIpc) is 2.23. The van der Waals surface area contributed by atoms with Crippen LogP contribution in [0.5, 0.6) is 0 Å². The second-order valence-corrected chi connectivity index (χ2v) is 4.57. The molecule has 0 aromatic carbocycles. The van der Waals surface area contributed by atoms with E-state index < -0.39 is 0 Å². The van der Waals surface area contributed by atoms with Crippen molar-refractivity contribution >= 4 is 0 Å². The van der Waals surface area contributed by atoms with Gasteiger partial charge in [-0.15, -0.1) is 0 Å². The van der Waals surface area contributed by atoms with Crippen molar-refractivity contribution in [1.29, 1.82) is 0 Å². The van der Waals surface area contributed by atoms with Crippen LogP contribution in [0.25, 0.3) is 0 Å². The molecule has 0 aliphatic carbocycles. The molecule has 0 spiro atoms. The largest absolute Gasteiger partial charge is 0.306 e. The molecule has 0 heterocycles. The van der Waals surface area contributed by atoms with Gasteiger partial charge in [-0.1, -0.05) is 38.8 Å². The maximum atomic E-state index is 2.45. The van der Waals surface area contributed by atoms with Gasteiger partial charge in [-0.2, -0.15) is 0 Å². The van der Waals surface area contributed by atoms with Crippen molar-refractivity contribution in [3.63, 3.8) is 0 Å². The SMILES string of the molecule is CCCC=C(CC)CCC(CC)N(C)C. The normalized spacial score (nSPS) is 14.7. The summed E-state index contributed by atoms with van der Waals surface area (Å²) in [6.07, 6.45) is 10.1. The highest BCUT2D eigenvalue weighted by Crippen LogP contribution is 2.16. The lowest BCUT2D eigenvalue weighted by molar-refractivity contribution is 0.271. The molecular formula is C14H29N. The molecule has 1 heteroatoms. The van der Waals surface area contributed by atoms with Crippen LogP contribution in [-0.4, -0.2) is 25.0 Å². The lowest BCUT2D eigenvalue weighted by atomic mass is 10.0. The third-order valence-corrected chi connectivity index (χ3v) is 3.18. The molecule has 0 radical (unpaired) electrons. The molecule has 1 nitrogen and oxygen atoms in total. The Morgan fingerprint density at radius 3 is 2.27 bits per heavy atom. The minimum absolute atomic E-state index is 0.751. The van der Waals surface area contributed by atoms with Crippen molar-refractivity contribution in [1.82, 2.24) is 4.90 Å². The van der Waals surface area contributed by atoms with Crippen LogP contribution in [0.15, 0.2) is 11.6 Å². The molecule has 0 aromatic heterocycles. The van der Waals surface area contributed by atoms with Crippen molar-refractivity contribution in [2.24, 2.45) is 0 Å². The third kappa shape index (κ3) is 6.72. The maximum Gasteiger partial charge on any atom is 0.00895 e. The second-order valence-electron chi connectivity index (χ2n) is 4.57. The molecule has 0 rings (SSSR count). The molecule has 1 unspecified atom stereocenters. The van der Waals surface area contributed by atoms with Crippen LogP contribution < -0.4 is 0 Å². The quantitative estimate of drug-likeness (QED) is 0.543. The summed E-state index contributed by atoms with van der Waals surface area (Å²) < 4.78 is 0. The number of rotatable bonds is 8. The first kappa shape index (κ1) is 14.7. The predicted molar refractivity (Wildman–Crippen MR) is 70.3 cm³/mol. The summed E-state index contributed by atoms with van der Waals surface area (Å²) >= 11 is 0. The number of hydrogen-bond acceptors (Lipinski definition) is 1. The highest BCUT2D eigenvalue weighted by Gasteiger charge is 2.08.